The molecule has 0 radical (unpaired) electrons. The molecule has 0 N–H and O–H groups in total. The molecule has 2 aromatic rings. The number of esters is 1. The third-order valence-corrected chi connectivity index (χ3v) is 5.36. The van der Waals surface area contributed by atoms with Crippen LogP contribution in [0.15, 0.2) is 28.8 Å². The summed E-state index contributed by atoms with van der Waals surface area (Å²) in [6.07, 6.45) is 3.28. The van der Waals surface area contributed by atoms with Crippen LogP contribution in [-0.4, -0.2) is 39.4 Å². The van der Waals surface area contributed by atoms with Gasteiger partial charge in [-0.15, -0.1) is 0 Å². The van der Waals surface area contributed by atoms with Crippen molar-refractivity contribution >= 4 is 29.4 Å². The zero-order chi connectivity index (χ0) is 19.7. The summed E-state index contributed by atoms with van der Waals surface area (Å²) in [5, 5.41) is 4.36. The van der Waals surface area contributed by atoms with Crippen molar-refractivity contribution in [2.45, 2.75) is 32.3 Å². The van der Waals surface area contributed by atoms with Crippen LogP contribution in [-0.2, 0) is 25.7 Å². The third kappa shape index (κ3) is 3.64. The Morgan fingerprint density at radius 3 is 2.61 bits per heavy atom. The van der Waals surface area contributed by atoms with Crippen LogP contribution in [0.3, 0.4) is 0 Å². The van der Waals surface area contributed by atoms with E-state index in [1.54, 1.807) is 24.3 Å². The minimum absolute atomic E-state index is 0.107. The molecule has 1 aromatic heterocycles. The van der Waals surface area contributed by atoms with Gasteiger partial charge in [-0.3, -0.25) is 19.3 Å². The van der Waals surface area contributed by atoms with Gasteiger partial charge in [-0.1, -0.05) is 41.7 Å². The monoisotopic (exact) mass is 403 g/mol. The highest BCUT2D eigenvalue weighted by Gasteiger charge is 2.48. The predicted molar refractivity (Wildman–Crippen MR) is 96.7 cm³/mol. The van der Waals surface area contributed by atoms with Gasteiger partial charge in [0.2, 0.25) is 17.6 Å². The van der Waals surface area contributed by atoms with Crippen molar-refractivity contribution in [3.8, 4) is 11.4 Å². The molecule has 1 aromatic carbocycles. The van der Waals surface area contributed by atoms with Gasteiger partial charge in [0, 0.05) is 10.6 Å². The lowest BCUT2D eigenvalue weighted by Crippen LogP contribution is -2.36. The van der Waals surface area contributed by atoms with E-state index in [-0.39, 0.29) is 42.7 Å². The summed E-state index contributed by atoms with van der Waals surface area (Å²) in [6, 6.07) is 6.95. The number of nitrogens with zero attached hydrogens (tertiary/aromatic N) is 3. The van der Waals surface area contributed by atoms with Gasteiger partial charge in [0.25, 0.3) is 5.89 Å². The van der Waals surface area contributed by atoms with Gasteiger partial charge in [-0.2, -0.15) is 4.98 Å². The zero-order valence-electron chi connectivity index (χ0n) is 15.0. The second-order valence-corrected chi connectivity index (χ2v) is 7.38. The van der Waals surface area contributed by atoms with Crippen molar-refractivity contribution in [1.82, 2.24) is 15.0 Å². The molecule has 1 saturated heterocycles. The topological polar surface area (TPSA) is 103 Å². The maximum absolute atomic E-state index is 12.4. The Morgan fingerprint density at radius 1 is 1.21 bits per heavy atom. The number of carbonyl (C=O) groups excluding carboxylic acids is 3. The number of imide groups is 1. The average Bonchev–Trinajstić information content (AvgIpc) is 3.26. The maximum atomic E-state index is 12.4. The number of fused-ring (bicyclic) bond motifs is 1. The molecule has 4 rings (SSSR count). The Labute approximate surface area is 165 Å². The molecule has 0 bridgehead atoms. The number of hydrogen-bond donors (Lipinski definition) is 0. The first-order valence-electron chi connectivity index (χ1n) is 9.12. The first kappa shape index (κ1) is 18.6. The van der Waals surface area contributed by atoms with Crippen molar-refractivity contribution < 1.29 is 23.6 Å². The average molecular weight is 404 g/mol. The van der Waals surface area contributed by atoms with Crippen LogP contribution in [0.1, 0.15) is 31.6 Å². The zero-order valence-corrected chi connectivity index (χ0v) is 15.7. The highest BCUT2D eigenvalue weighted by Crippen LogP contribution is 2.37. The number of carbonyl (C=O) groups is 3. The van der Waals surface area contributed by atoms with Gasteiger partial charge in [-0.25, -0.2) is 0 Å². The van der Waals surface area contributed by atoms with E-state index in [4.69, 9.17) is 20.9 Å². The molecular formula is C19H18ClN3O5. The van der Waals surface area contributed by atoms with Crippen LogP contribution in [0.25, 0.3) is 11.4 Å². The summed E-state index contributed by atoms with van der Waals surface area (Å²) in [6.45, 7) is -0.630. The van der Waals surface area contributed by atoms with Gasteiger partial charge in [0.05, 0.1) is 11.8 Å². The quantitative estimate of drug-likeness (QED) is 0.558. The molecule has 1 aliphatic carbocycles. The van der Waals surface area contributed by atoms with Crippen LogP contribution < -0.4 is 0 Å². The summed E-state index contributed by atoms with van der Waals surface area (Å²) < 4.78 is 10.2. The molecule has 8 nitrogen and oxygen atoms in total. The van der Waals surface area contributed by atoms with Crippen molar-refractivity contribution in [1.29, 1.82) is 0 Å². The van der Waals surface area contributed by atoms with Crippen molar-refractivity contribution in [3.05, 3.63) is 35.2 Å². The molecule has 1 aliphatic heterocycles. The molecule has 2 aliphatic rings. The number of ether oxygens (including phenoxy) is 1. The highest BCUT2D eigenvalue weighted by atomic mass is 35.5. The Kier molecular flexibility index (Phi) is 5.13. The standard InChI is InChI=1S/C19H18ClN3O5/c20-12-5-3-4-11(8-12)17-21-15(28-22-17)10-27-16(24)9-23-18(25)13-6-1-2-7-14(13)19(23)26/h3-5,8,13-14H,1-2,6-7,9-10H2/t13-,14+. The second kappa shape index (κ2) is 7.71. The van der Waals surface area contributed by atoms with E-state index in [0.717, 1.165) is 17.7 Å². The van der Waals surface area contributed by atoms with Crippen LogP contribution >= 0.6 is 11.6 Å². The molecule has 2 atom stereocenters. The van der Waals surface area contributed by atoms with E-state index >= 15 is 0 Å². The molecular weight excluding hydrogens is 386 g/mol. The maximum Gasteiger partial charge on any atom is 0.326 e. The Morgan fingerprint density at radius 2 is 1.93 bits per heavy atom. The molecule has 2 amide bonds. The first-order valence-corrected chi connectivity index (χ1v) is 9.50. The largest absolute Gasteiger partial charge is 0.454 e. The normalized spacial score (nSPS) is 21.7. The molecule has 28 heavy (non-hydrogen) atoms. The van der Waals surface area contributed by atoms with Crippen molar-refractivity contribution in [3.63, 3.8) is 0 Å². The first-order chi connectivity index (χ1) is 13.5. The molecule has 1 saturated carbocycles. The number of halogens is 1. The van der Waals surface area contributed by atoms with E-state index in [1.807, 2.05) is 0 Å². The van der Waals surface area contributed by atoms with Crippen LogP contribution in [0.2, 0.25) is 5.02 Å². The predicted octanol–water partition coefficient (Wildman–Crippen LogP) is 2.61. The minimum atomic E-state index is -0.692. The second-order valence-electron chi connectivity index (χ2n) is 6.94. The number of likely N-dealkylation sites (tertiary alicyclic amines) is 1. The van der Waals surface area contributed by atoms with E-state index in [9.17, 15) is 14.4 Å². The van der Waals surface area contributed by atoms with Crippen LogP contribution in [0, 0.1) is 11.8 Å². The molecule has 2 fully saturated rings. The molecule has 9 heteroatoms. The van der Waals surface area contributed by atoms with Gasteiger partial charge < -0.3 is 9.26 Å². The third-order valence-electron chi connectivity index (χ3n) is 5.13. The van der Waals surface area contributed by atoms with E-state index in [0.29, 0.717) is 29.3 Å². The Hall–Kier alpha value is -2.74. The summed E-state index contributed by atoms with van der Waals surface area (Å²) in [7, 11) is 0. The highest BCUT2D eigenvalue weighted by molar-refractivity contribution is 6.30. The van der Waals surface area contributed by atoms with Gasteiger partial charge in [0.15, 0.2) is 6.61 Å². The lowest BCUT2D eigenvalue weighted by atomic mass is 9.81. The van der Waals surface area contributed by atoms with Crippen molar-refractivity contribution in [2.24, 2.45) is 11.8 Å². The molecule has 146 valence electrons. The number of amides is 2. The molecule has 0 unspecified atom stereocenters. The Balaban J connectivity index is 1.34. The SMILES string of the molecule is O=C(CN1C(=O)[C@H]2CCCC[C@H]2C1=O)OCc1nc(-c2cccc(Cl)c2)no1. The number of hydrogen-bond acceptors (Lipinski definition) is 7. The van der Waals surface area contributed by atoms with Crippen molar-refractivity contribution in [2.75, 3.05) is 6.54 Å². The van der Waals surface area contributed by atoms with E-state index in [1.165, 1.54) is 0 Å². The number of aromatic nitrogens is 2. The lowest BCUT2D eigenvalue weighted by molar-refractivity contribution is -0.154. The fourth-order valence-electron chi connectivity index (χ4n) is 3.76. The van der Waals surface area contributed by atoms with Gasteiger partial charge >= 0.3 is 5.97 Å². The summed E-state index contributed by atoms with van der Waals surface area (Å²) >= 11 is 5.94. The van der Waals surface area contributed by atoms with Gasteiger partial charge in [0.1, 0.15) is 6.54 Å². The van der Waals surface area contributed by atoms with Gasteiger partial charge in [-0.05, 0) is 25.0 Å². The molecule has 2 heterocycles. The number of rotatable bonds is 5. The minimum Gasteiger partial charge on any atom is -0.454 e. The molecule has 0 spiro atoms. The summed E-state index contributed by atoms with van der Waals surface area (Å²) in [4.78, 5) is 42.1. The van der Waals surface area contributed by atoms with Crippen LogP contribution in [0.5, 0.6) is 0 Å². The van der Waals surface area contributed by atoms with E-state index < -0.39 is 5.97 Å². The smallest absolute Gasteiger partial charge is 0.326 e. The Bertz CT molecular complexity index is 904. The van der Waals surface area contributed by atoms with Crippen LogP contribution in [0.4, 0.5) is 0 Å². The fraction of sp³-hybridized carbons (Fsp3) is 0.421. The van der Waals surface area contributed by atoms with E-state index in [2.05, 4.69) is 10.1 Å². The number of benzene rings is 1. The fourth-order valence-corrected chi connectivity index (χ4v) is 3.95. The lowest BCUT2D eigenvalue weighted by Gasteiger charge is -2.19. The summed E-state index contributed by atoms with van der Waals surface area (Å²) in [5.74, 6) is -1.38. The summed E-state index contributed by atoms with van der Waals surface area (Å²) in [5.41, 5.74) is 0.671.